The smallest absolute Gasteiger partial charge is 0.294 e. The van der Waals surface area contributed by atoms with Gasteiger partial charge in [0.05, 0.1) is 11.6 Å². The van der Waals surface area contributed by atoms with Crippen LogP contribution in [0.1, 0.15) is 26.3 Å². The second kappa shape index (κ2) is 5.41. The topological polar surface area (TPSA) is 61.9 Å². The third kappa shape index (κ3) is 2.95. The number of nitriles is 1. The van der Waals surface area contributed by atoms with Crippen LogP contribution in [0.15, 0.2) is 41.5 Å². The summed E-state index contributed by atoms with van der Waals surface area (Å²) in [6.45, 7) is 5.90. The predicted octanol–water partition coefficient (Wildman–Crippen LogP) is 2.64. The Labute approximate surface area is 124 Å². The van der Waals surface area contributed by atoms with Crippen LogP contribution in [-0.4, -0.2) is 16.6 Å². The van der Waals surface area contributed by atoms with E-state index in [0.717, 1.165) is 5.69 Å². The van der Waals surface area contributed by atoms with Crippen LogP contribution in [0, 0.1) is 11.3 Å². The molecule has 2 aromatic rings. The number of anilines is 2. The Morgan fingerprint density at radius 3 is 2.67 bits per heavy atom. The molecule has 108 valence electrons. The van der Waals surface area contributed by atoms with Gasteiger partial charge in [-0.2, -0.15) is 5.26 Å². The number of aromatic nitrogens is 2. The van der Waals surface area contributed by atoms with Crippen molar-refractivity contribution in [1.29, 1.82) is 5.26 Å². The number of rotatable bonds is 2. The Morgan fingerprint density at radius 1 is 1.33 bits per heavy atom. The van der Waals surface area contributed by atoms with Gasteiger partial charge in [0.2, 0.25) is 0 Å². The Kier molecular flexibility index (Phi) is 3.81. The molecule has 0 amide bonds. The molecule has 0 aliphatic carbocycles. The van der Waals surface area contributed by atoms with Crippen molar-refractivity contribution < 1.29 is 0 Å². The lowest BCUT2D eigenvalue weighted by Crippen LogP contribution is -2.36. The van der Waals surface area contributed by atoms with Crippen LogP contribution in [-0.2, 0) is 5.54 Å². The van der Waals surface area contributed by atoms with Gasteiger partial charge in [0.15, 0.2) is 5.82 Å². The van der Waals surface area contributed by atoms with Gasteiger partial charge in [-0.3, -0.25) is 4.79 Å². The molecule has 0 aliphatic rings. The maximum atomic E-state index is 12.6. The zero-order chi connectivity index (χ0) is 15.6. The highest BCUT2D eigenvalue weighted by Crippen LogP contribution is 2.20. The SMILES string of the molecule is CN(c1cccc(C#N)c1)c1nccn(C(C)(C)C)c1=O. The molecule has 0 saturated carbocycles. The molecule has 0 aliphatic heterocycles. The zero-order valence-corrected chi connectivity index (χ0v) is 12.7. The highest BCUT2D eigenvalue weighted by Gasteiger charge is 2.19. The van der Waals surface area contributed by atoms with Crippen molar-refractivity contribution in [3.05, 3.63) is 52.6 Å². The quantitative estimate of drug-likeness (QED) is 0.849. The summed E-state index contributed by atoms with van der Waals surface area (Å²) in [7, 11) is 1.77. The van der Waals surface area contributed by atoms with Gasteiger partial charge < -0.3 is 9.47 Å². The molecule has 21 heavy (non-hydrogen) atoms. The summed E-state index contributed by atoms with van der Waals surface area (Å²) in [5.74, 6) is 0.336. The van der Waals surface area contributed by atoms with E-state index in [1.165, 1.54) is 0 Å². The third-order valence-electron chi connectivity index (χ3n) is 3.23. The second-order valence-electron chi connectivity index (χ2n) is 5.82. The first-order valence-electron chi connectivity index (χ1n) is 6.66. The highest BCUT2D eigenvalue weighted by molar-refractivity contribution is 5.60. The lowest BCUT2D eigenvalue weighted by molar-refractivity contribution is 0.383. The van der Waals surface area contributed by atoms with E-state index in [9.17, 15) is 4.79 Å². The summed E-state index contributed by atoms with van der Waals surface area (Å²) >= 11 is 0. The maximum absolute atomic E-state index is 12.6. The van der Waals surface area contributed by atoms with E-state index in [0.29, 0.717) is 11.4 Å². The minimum atomic E-state index is -0.315. The second-order valence-corrected chi connectivity index (χ2v) is 5.82. The standard InChI is InChI=1S/C16H18N4O/c1-16(2,3)20-9-8-18-14(15(20)21)19(4)13-7-5-6-12(10-13)11-17/h5-10H,1-4H3. The molecule has 2 rings (SSSR count). The van der Waals surface area contributed by atoms with Gasteiger partial charge >= 0.3 is 0 Å². The van der Waals surface area contributed by atoms with E-state index in [2.05, 4.69) is 11.1 Å². The van der Waals surface area contributed by atoms with Crippen molar-refractivity contribution in [2.75, 3.05) is 11.9 Å². The molecule has 0 bridgehead atoms. The zero-order valence-electron chi connectivity index (χ0n) is 12.7. The van der Waals surface area contributed by atoms with Crippen molar-refractivity contribution >= 4 is 11.5 Å². The van der Waals surface area contributed by atoms with E-state index in [4.69, 9.17) is 5.26 Å². The number of hydrogen-bond donors (Lipinski definition) is 0. The van der Waals surface area contributed by atoms with Gasteiger partial charge in [0.25, 0.3) is 5.56 Å². The van der Waals surface area contributed by atoms with Crippen LogP contribution >= 0.6 is 0 Å². The summed E-state index contributed by atoms with van der Waals surface area (Å²) in [4.78, 5) is 18.5. The first kappa shape index (κ1) is 14.8. The van der Waals surface area contributed by atoms with Crippen molar-refractivity contribution in [1.82, 2.24) is 9.55 Å². The van der Waals surface area contributed by atoms with Crippen molar-refractivity contribution in [3.8, 4) is 6.07 Å². The van der Waals surface area contributed by atoms with Crippen LogP contribution in [0.2, 0.25) is 0 Å². The van der Waals surface area contributed by atoms with Gasteiger partial charge in [-0.1, -0.05) is 6.07 Å². The summed E-state index contributed by atoms with van der Waals surface area (Å²) < 4.78 is 1.65. The molecule has 0 N–H and O–H groups in total. The Hall–Kier alpha value is -2.61. The van der Waals surface area contributed by atoms with Crippen molar-refractivity contribution in [3.63, 3.8) is 0 Å². The van der Waals surface area contributed by atoms with E-state index in [1.807, 2.05) is 26.8 Å². The van der Waals surface area contributed by atoms with Crippen molar-refractivity contribution in [2.24, 2.45) is 0 Å². The predicted molar refractivity (Wildman–Crippen MR) is 82.7 cm³/mol. The summed E-state index contributed by atoms with van der Waals surface area (Å²) in [6, 6.07) is 9.18. The fraction of sp³-hybridized carbons (Fsp3) is 0.312. The van der Waals surface area contributed by atoms with Gasteiger partial charge in [-0.25, -0.2) is 4.98 Å². The molecular formula is C16H18N4O. The Balaban J connectivity index is 2.52. The lowest BCUT2D eigenvalue weighted by Gasteiger charge is -2.25. The number of hydrogen-bond acceptors (Lipinski definition) is 4. The first-order chi connectivity index (χ1) is 9.84. The normalized spacial score (nSPS) is 11.0. The number of benzene rings is 1. The largest absolute Gasteiger partial charge is 0.325 e. The summed E-state index contributed by atoms with van der Waals surface area (Å²) in [6.07, 6.45) is 3.30. The average Bonchev–Trinajstić information content (AvgIpc) is 2.45. The third-order valence-corrected chi connectivity index (χ3v) is 3.23. The van der Waals surface area contributed by atoms with Gasteiger partial charge in [0.1, 0.15) is 0 Å². The molecule has 0 spiro atoms. The summed E-state index contributed by atoms with van der Waals surface area (Å²) in [5, 5.41) is 8.97. The molecule has 5 nitrogen and oxygen atoms in total. The molecular weight excluding hydrogens is 264 g/mol. The molecule has 0 saturated heterocycles. The Bertz CT molecular complexity index is 750. The summed E-state index contributed by atoms with van der Waals surface area (Å²) in [5.41, 5.74) is 0.830. The van der Waals surface area contributed by atoms with E-state index >= 15 is 0 Å². The van der Waals surface area contributed by atoms with E-state index in [1.54, 1.807) is 47.1 Å². The maximum Gasteiger partial charge on any atom is 0.294 e. The van der Waals surface area contributed by atoms with Crippen molar-refractivity contribution in [2.45, 2.75) is 26.3 Å². The van der Waals surface area contributed by atoms with Gasteiger partial charge in [-0.05, 0) is 39.0 Å². The average molecular weight is 282 g/mol. The molecule has 1 heterocycles. The molecule has 5 heteroatoms. The molecule has 0 unspecified atom stereocenters. The van der Waals surface area contributed by atoms with E-state index in [-0.39, 0.29) is 11.1 Å². The molecule has 1 aromatic carbocycles. The van der Waals surface area contributed by atoms with Crippen LogP contribution in [0.5, 0.6) is 0 Å². The first-order valence-corrected chi connectivity index (χ1v) is 6.66. The minimum absolute atomic E-state index is 0.158. The lowest BCUT2D eigenvalue weighted by atomic mass is 10.1. The molecule has 1 aromatic heterocycles. The van der Waals surface area contributed by atoms with Crippen LogP contribution < -0.4 is 10.5 Å². The van der Waals surface area contributed by atoms with Gasteiger partial charge in [0, 0.05) is 30.7 Å². The molecule has 0 fully saturated rings. The Morgan fingerprint density at radius 2 is 2.05 bits per heavy atom. The highest BCUT2D eigenvalue weighted by atomic mass is 16.1. The van der Waals surface area contributed by atoms with E-state index < -0.39 is 0 Å². The van der Waals surface area contributed by atoms with Gasteiger partial charge in [-0.15, -0.1) is 0 Å². The van der Waals surface area contributed by atoms with Crippen LogP contribution in [0.3, 0.4) is 0 Å². The molecule has 0 radical (unpaired) electrons. The molecule has 0 atom stereocenters. The monoisotopic (exact) mass is 282 g/mol. The fourth-order valence-electron chi connectivity index (χ4n) is 2.07. The van der Waals surface area contributed by atoms with Crippen LogP contribution in [0.25, 0.3) is 0 Å². The minimum Gasteiger partial charge on any atom is -0.325 e. The number of nitrogens with zero attached hydrogens (tertiary/aromatic N) is 4. The van der Waals surface area contributed by atoms with Crippen LogP contribution in [0.4, 0.5) is 11.5 Å². The fourth-order valence-corrected chi connectivity index (χ4v) is 2.07.